The third-order valence-corrected chi connectivity index (χ3v) is 5.46. The highest BCUT2D eigenvalue weighted by Crippen LogP contribution is 2.29. The average molecular weight is 389 g/mol. The molecule has 0 saturated carbocycles. The van der Waals surface area contributed by atoms with Crippen LogP contribution >= 0.6 is 12.6 Å². The summed E-state index contributed by atoms with van der Waals surface area (Å²) in [7, 11) is 0. The van der Waals surface area contributed by atoms with Crippen molar-refractivity contribution in [3.8, 4) is 0 Å². The summed E-state index contributed by atoms with van der Waals surface area (Å²) in [5.74, 6) is -0.0297. The van der Waals surface area contributed by atoms with Crippen molar-refractivity contribution in [3.63, 3.8) is 0 Å². The molecule has 0 saturated heterocycles. The fraction of sp³-hybridized carbons (Fsp3) is 0.208. The van der Waals surface area contributed by atoms with Gasteiger partial charge in [-0.05, 0) is 59.9 Å². The Hall–Kier alpha value is -2.72. The number of hydrogen-bond acceptors (Lipinski definition) is 3. The Bertz CT molecular complexity index is 954. The van der Waals surface area contributed by atoms with Crippen molar-refractivity contribution in [3.05, 3.63) is 95.1 Å². The molecule has 1 aliphatic heterocycles. The molecule has 4 rings (SSSR count). The first-order chi connectivity index (χ1) is 13.7. The summed E-state index contributed by atoms with van der Waals surface area (Å²) < 4.78 is 0. The first-order valence-electron chi connectivity index (χ1n) is 9.67. The Morgan fingerprint density at radius 1 is 0.964 bits per heavy atom. The molecule has 3 aromatic rings. The maximum absolute atomic E-state index is 12.6. The molecule has 1 amide bonds. The van der Waals surface area contributed by atoms with E-state index in [4.69, 9.17) is 0 Å². The van der Waals surface area contributed by atoms with E-state index in [2.05, 4.69) is 59.2 Å². The van der Waals surface area contributed by atoms with Crippen LogP contribution in [0, 0.1) is 0 Å². The summed E-state index contributed by atoms with van der Waals surface area (Å²) in [6.07, 6.45) is 2.13. The highest BCUT2D eigenvalue weighted by atomic mass is 32.1. The van der Waals surface area contributed by atoms with Crippen molar-refractivity contribution < 1.29 is 4.79 Å². The first-order valence-corrected chi connectivity index (χ1v) is 10.1. The molecule has 4 heteroatoms. The van der Waals surface area contributed by atoms with Gasteiger partial charge in [-0.2, -0.15) is 0 Å². The summed E-state index contributed by atoms with van der Waals surface area (Å²) in [5.41, 5.74) is 5.61. The van der Waals surface area contributed by atoms with E-state index < -0.39 is 0 Å². The predicted octanol–water partition coefficient (Wildman–Crippen LogP) is 4.86. The van der Waals surface area contributed by atoms with E-state index in [1.807, 2.05) is 36.4 Å². The Kier molecular flexibility index (Phi) is 5.68. The second-order valence-electron chi connectivity index (χ2n) is 7.20. The van der Waals surface area contributed by atoms with E-state index in [1.54, 1.807) is 0 Å². The van der Waals surface area contributed by atoms with Crippen molar-refractivity contribution in [2.24, 2.45) is 0 Å². The molecule has 0 bridgehead atoms. The van der Waals surface area contributed by atoms with Gasteiger partial charge in [0.05, 0.1) is 0 Å². The van der Waals surface area contributed by atoms with Crippen LogP contribution in [0.25, 0.3) is 0 Å². The lowest BCUT2D eigenvalue weighted by Gasteiger charge is -2.31. The number of rotatable bonds is 5. The average Bonchev–Trinajstić information content (AvgIpc) is 2.74. The lowest BCUT2D eigenvalue weighted by Crippen LogP contribution is -2.29. The Morgan fingerprint density at radius 2 is 1.75 bits per heavy atom. The second kappa shape index (κ2) is 8.53. The topological polar surface area (TPSA) is 32.3 Å². The summed E-state index contributed by atoms with van der Waals surface area (Å²) in [6.45, 7) is 2.47. The smallest absolute Gasteiger partial charge is 0.251 e. The molecule has 0 fully saturated rings. The minimum absolute atomic E-state index is 0.0297. The van der Waals surface area contributed by atoms with Crippen LogP contribution in [0.1, 0.15) is 33.5 Å². The zero-order valence-electron chi connectivity index (χ0n) is 15.8. The summed E-state index contributed by atoms with van der Waals surface area (Å²) in [5, 5.41) is 3.02. The van der Waals surface area contributed by atoms with Crippen LogP contribution in [-0.4, -0.2) is 12.5 Å². The molecule has 0 aliphatic carbocycles. The van der Waals surface area contributed by atoms with Crippen molar-refractivity contribution in [1.29, 1.82) is 0 Å². The number of hydrogen-bond donors (Lipinski definition) is 2. The van der Waals surface area contributed by atoms with Crippen molar-refractivity contribution in [2.45, 2.75) is 30.8 Å². The summed E-state index contributed by atoms with van der Waals surface area (Å²) in [4.78, 5) is 15.9. The number of carbonyl (C=O) groups excluding carboxylic acids is 1. The standard InChI is InChI=1S/C24H24N2OS/c27-24(25-16-18-8-11-22(28)12-9-18)21-10-13-23-20(15-21)7-4-14-26(23)17-19-5-2-1-3-6-19/h1-3,5-6,8-13,15,28H,4,7,14,16-17H2,(H,25,27). The molecule has 3 nitrogen and oxygen atoms in total. The fourth-order valence-corrected chi connectivity index (χ4v) is 3.83. The largest absolute Gasteiger partial charge is 0.367 e. The van der Waals surface area contributed by atoms with Gasteiger partial charge in [0.15, 0.2) is 0 Å². The Morgan fingerprint density at radius 3 is 2.54 bits per heavy atom. The van der Waals surface area contributed by atoms with Crippen LogP contribution in [0.2, 0.25) is 0 Å². The summed E-state index contributed by atoms with van der Waals surface area (Å²) in [6, 6.07) is 24.5. The molecule has 0 atom stereocenters. The molecule has 1 aliphatic rings. The number of anilines is 1. The van der Waals surface area contributed by atoms with Crippen LogP contribution in [0.3, 0.4) is 0 Å². The van der Waals surface area contributed by atoms with Gasteiger partial charge in [0, 0.05) is 35.8 Å². The van der Waals surface area contributed by atoms with Crippen molar-refractivity contribution in [1.82, 2.24) is 5.32 Å². The van der Waals surface area contributed by atoms with Crippen molar-refractivity contribution in [2.75, 3.05) is 11.4 Å². The summed E-state index contributed by atoms with van der Waals surface area (Å²) >= 11 is 4.29. The van der Waals surface area contributed by atoms with E-state index in [9.17, 15) is 4.79 Å². The van der Waals surface area contributed by atoms with E-state index >= 15 is 0 Å². The number of aryl methyl sites for hydroxylation is 1. The Labute approximate surface area is 171 Å². The van der Waals surface area contributed by atoms with Gasteiger partial charge in [-0.3, -0.25) is 4.79 Å². The molecule has 28 heavy (non-hydrogen) atoms. The predicted molar refractivity (Wildman–Crippen MR) is 117 cm³/mol. The van der Waals surface area contributed by atoms with Gasteiger partial charge in [0.25, 0.3) is 5.91 Å². The molecule has 142 valence electrons. The number of fused-ring (bicyclic) bond motifs is 1. The van der Waals surface area contributed by atoms with Gasteiger partial charge in [-0.25, -0.2) is 0 Å². The van der Waals surface area contributed by atoms with E-state index in [1.165, 1.54) is 16.8 Å². The quantitative estimate of drug-likeness (QED) is 0.612. The number of nitrogens with one attached hydrogen (secondary N) is 1. The SMILES string of the molecule is O=C(NCc1ccc(S)cc1)c1ccc2c(c1)CCCN2Cc1ccccc1. The number of thiol groups is 1. The molecule has 0 aromatic heterocycles. The Balaban J connectivity index is 1.45. The number of carbonyl (C=O) groups is 1. The number of benzene rings is 3. The molecular weight excluding hydrogens is 364 g/mol. The molecular formula is C24H24N2OS. The van der Waals surface area contributed by atoms with Gasteiger partial charge in [-0.15, -0.1) is 12.6 Å². The fourth-order valence-electron chi connectivity index (χ4n) is 3.68. The number of nitrogens with zero attached hydrogens (tertiary/aromatic N) is 1. The van der Waals surface area contributed by atoms with Crippen LogP contribution in [-0.2, 0) is 19.5 Å². The molecule has 1 heterocycles. The molecule has 3 aromatic carbocycles. The minimum atomic E-state index is -0.0297. The third kappa shape index (κ3) is 4.39. The van der Waals surface area contributed by atoms with Gasteiger partial charge in [-0.1, -0.05) is 42.5 Å². The molecule has 0 unspecified atom stereocenters. The lowest BCUT2D eigenvalue weighted by atomic mass is 9.98. The first kappa shape index (κ1) is 18.6. The maximum atomic E-state index is 12.6. The van der Waals surface area contributed by atoms with Gasteiger partial charge < -0.3 is 10.2 Å². The maximum Gasteiger partial charge on any atom is 0.251 e. The van der Waals surface area contributed by atoms with Crippen molar-refractivity contribution >= 4 is 24.2 Å². The molecule has 1 N–H and O–H groups in total. The highest BCUT2D eigenvalue weighted by molar-refractivity contribution is 7.80. The van der Waals surface area contributed by atoms with Crippen LogP contribution in [0.4, 0.5) is 5.69 Å². The monoisotopic (exact) mass is 388 g/mol. The van der Waals surface area contributed by atoms with E-state index in [0.29, 0.717) is 6.54 Å². The zero-order chi connectivity index (χ0) is 19.3. The second-order valence-corrected chi connectivity index (χ2v) is 7.72. The third-order valence-electron chi connectivity index (χ3n) is 5.16. The van der Waals surface area contributed by atoms with Crippen LogP contribution in [0.15, 0.2) is 77.7 Å². The minimum Gasteiger partial charge on any atom is -0.367 e. The van der Waals surface area contributed by atoms with Gasteiger partial charge in [0.2, 0.25) is 0 Å². The van der Waals surface area contributed by atoms with Gasteiger partial charge in [0.1, 0.15) is 0 Å². The molecule has 0 spiro atoms. The molecule has 0 radical (unpaired) electrons. The van der Waals surface area contributed by atoms with E-state index in [-0.39, 0.29) is 5.91 Å². The van der Waals surface area contributed by atoms with Crippen LogP contribution in [0.5, 0.6) is 0 Å². The number of amides is 1. The van der Waals surface area contributed by atoms with Crippen LogP contribution < -0.4 is 10.2 Å². The van der Waals surface area contributed by atoms with E-state index in [0.717, 1.165) is 42.0 Å². The lowest BCUT2D eigenvalue weighted by molar-refractivity contribution is 0.0951. The highest BCUT2D eigenvalue weighted by Gasteiger charge is 2.18. The zero-order valence-corrected chi connectivity index (χ0v) is 16.7. The normalized spacial score (nSPS) is 13.1. The van der Waals surface area contributed by atoms with Gasteiger partial charge >= 0.3 is 0 Å².